The van der Waals surface area contributed by atoms with Crippen LogP contribution < -0.4 is 9.47 Å². The Morgan fingerprint density at radius 3 is 1.27 bits per heavy atom. The first-order valence-corrected chi connectivity index (χ1v) is 11.9. The number of rotatable bonds is 15. The van der Waals surface area contributed by atoms with Gasteiger partial charge in [-0.05, 0) is 55.7 Å². The van der Waals surface area contributed by atoms with E-state index in [4.69, 9.17) is 18.9 Å². The van der Waals surface area contributed by atoms with Crippen LogP contribution in [0.3, 0.4) is 0 Å². The van der Waals surface area contributed by atoms with Gasteiger partial charge in [-0.3, -0.25) is 0 Å². The zero-order valence-corrected chi connectivity index (χ0v) is 20.9. The first-order valence-electron chi connectivity index (χ1n) is 11.9. The summed E-state index contributed by atoms with van der Waals surface area (Å²) in [4.78, 5) is 0. The van der Waals surface area contributed by atoms with Crippen molar-refractivity contribution in [1.29, 1.82) is 0 Å². The Morgan fingerprint density at radius 2 is 1.00 bits per heavy atom. The van der Waals surface area contributed by atoms with Crippen LogP contribution in [0.4, 0.5) is 0 Å². The Labute approximate surface area is 200 Å². The summed E-state index contributed by atoms with van der Waals surface area (Å²) in [6, 6.07) is 16.6. The van der Waals surface area contributed by atoms with Gasteiger partial charge in [0, 0.05) is 18.8 Å². The van der Waals surface area contributed by atoms with Crippen molar-refractivity contribution in [3.8, 4) is 11.5 Å². The van der Waals surface area contributed by atoms with Gasteiger partial charge in [-0.15, -0.1) is 0 Å². The summed E-state index contributed by atoms with van der Waals surface area (Å²) in [7, 11) is 0. The summed E-state index contributed by atoms with van der Waals surface area (Å²) in [6.45, 7) is 19.0. The molecular weight excluding hydrogens is 412 g/mol. The molecule has 0 radical (unpaired) electrons. The standard InChI is InChI=1S/C29H40O4/c1-8-27(23-11-15-25(16-12-23)32-28(9-2)30-19-21(4)5)24-13-17-26(18-14-24)33-29(10-3)31-20-22(6)7/h11-18,27-29H,4,6,8-10,19-20H2,1-3,5,7H3. The van der Waals surface area contributed by atoms with Crippen molar-refractivity contribution < 1.29 is 18.9 Å². The van der Waals surface area contributed by atoms with Crippen molar-refractivity contribution in [2.45, 2.75) is 72.4 Å². The quantitative estimate of drug-likeness (QED) is 0.205. The van der Waals surface area contributed by atoms with Crippen LogP contribution in [0.5, 0.6) is 11.5 Å². The van der Waals surface area contributed by atoms with E-state index in [9.17, 15) is 0 Å². The highest BCUT2D eigenvalue weighted by atomic mass is 16.7. The monoisotopic (exact) mass is 452 g/mol. The molecule has 4 heteroatoms. The van der Waals surface area contributed by atoms with Crippen LogP contribution in [-0.2, 0) is 9.47 Å². The van der Waals surface area contributed by atoms with Gasteiger partial charge in [0.15, 0.2) is 12.6 Å². The first-order chi connectivity index (χ1) is 15.9. The van der Waals surface area contributed by atoms with E-state index in [1.807, 2.05) is 52.0 Å². The van der Waals surface area contributed by atoms with E-state index in [1.54, 1.807) is 0 Å². The van der Waals surface area contributed by atoms with Gasteiger partial charge in [-0.25, -0.2) is 0 Å². The molecule has 0 aliphatic rings. The zero-order chi connectivity index (χ0) is 24.2. The van der Waals surface area contributed by atoms with Crippen LogP contribution in [0, 0.1) is 0 Å². The molecule has 0 fully saturated rings. The molecule has 0 spiro atoms. The highest BCUT2D eigenvalue weighted by molar-refractivity contribution is 5.38. The van der Waals surface area contributed by atoms with Gasteiger partial charge in [0.05, 0.1) is 13.2 Å². The van der Waals surface area contributed by atoms with Crippen LogP contribution in [0.2, 0.25) is 0 Å². The van der Waals surface area contributed by atoms with E-state index in [2.05, 4.69) is 44.3 Å². The normalized spacial score (nSPS) is 13.7. The van der Waals surface area contributed by atoms with E-state index in [-0.39, 0.29) is 12.6 Å². The number of hydrogen-bond acceptors (Lipinski definition) is 4. The van der Waals surface area contributed by atoms with Crippen molar-refractivity contribution in [3.05, 3.63) is 84.0 Å². The second kappa shape index (κ2) is 13.9. The Kier molecular flexibility index (Phi) is 11.2. The third-order valence-electron chi connectivity index (χ3n) is 5.21. The van der Waals surface area contributed by atoms with Crippen LogP contribution >= 0.6 is 0 Å². The Morgan fingerprint density at radius 1 is 0.636 bits per heavy atom. The van der Waals surface area contributed by atoms with Gasteiger partial charge in [0.2, 0.25) is 0 Å². The molecule has 0 aromatic heterocycles. The highest BCUT2D eigenvalue weighted by Gasteiger charge is 2.15. The van der Waals surface area contributed by atoms with Crippen LogP contribution in [-0.4, -0.2) is 25.8 Å². The van der Waals surface area contributed by atoms with Gasteiger partial charge >= 0.3 is 0 Å². The number of ether oxygens (including phenoxy) is 4. The maximum Gasteiger partial charge on any atom is 0.199 e. The van der Waals surface area contributed by atoms with Gasteiger partial charge in [0.1, 0.15) is 11.5 Å². The molecule has 0 aliphatic carbocycles. The van der Waals surface area contributed by atoms with E-state index in [0.29, 0.717) is 19.1 Å². The Balaban J connectivity index is 2.02. The van der Waals surface area contributed by atoms with Crippen molar-refractivity contribution in [3.63, 3.8) is 0 Å². The topological polar surface area (TPSA) is 36.9 Å². The fourth-order valence-corrected chi connectivity index (χ4v) is 3.47. The molecular formula is C29H40O4. The average Bonchev–Trinajstić information content (AvgIpc) is 2.81. The van der Waals surface area contributed by atoms with Crippen molar-refractivity contribution in [1.82, 2.24) is 0 Å². The summed E-state index contributed by atoms with van der Waals surface area (Å²) in [6.07, 6.45) is 2.01. The average molecular weight is 453 g/mol. The second-order valence-corrected chi connectivity index (χ2v) is 8.55. The molecule has 4 nitrogen and oxygen atoms in total. The lowest BCUT2D eigenvalue weighted by molar-refractivity contribution is -0.0730. The fourth-order valence-electron chi connectivity index (χ4n) is 3.47. The largest absolute Gasteiger partial charge is 0.465 e. The minimum atomic E-state index is -0.270. The van der Waals surface area contributed by atoms with Crippen molar-refractivity contribution in [2.24, 2.45) is 0 Å². The molecule has 180 valence electrons. The minimum Gasteiger partial charge on any atom is -0.465 e. The molecule has 33 heavy (non-hydrogen) atoms. The van der Waals surface area contributed by atoms with Crippen molar-refractivity contribution >= 4 is 0 Å². The minimum absolute atomic E-state index is 0.270. The number of benzene rings is 2. The summed E-state index contributed by atoms with van der Waals surface area (Å²) >= 11 is 0. The molecule has 0 saturated carbocycles. The lowest BCUT2D eigenvalue weighted by atomic mass is 9.89. The summed E-state index contributed by atoms with van der Waals surface area (Å²) in [5.74, 6) is 1.92. The highest BCUT2D eigenvalue weighted by Crippen LogP contribution is 2.31. The molecule has 2 atom stereocenters. The predicted molar refractivity (Wildman–Crippen MR) is 136 cm³/mol. The first kappa shape index (κ1) is 26.7. The Hall–Kier alpha value is -2.56. The van der Waals surface area contributed by atoms with Crippen LogP contribution in [0.15, 0.2) is 72.8 Å². The third-order valence-corrected chi connectivity index (χ3v) is 5.21. The van der Waals surface area contributed by atoms with Gasteiger partial charge < -0.3 is 18.9 Å². The molecule has 2 aromatic rings. The third kappa shape index (κ3) is 9.07. The van der Waals surface area contributed by atoms with Crippen molar-refractivity contribution in [2.75, 3.05) is 13.2 Å². The molecule has 0 saturated heterocycles. The van der Waals surface area contributed by atoms with E-state index in [0.717, 1.165) is 41.9 Å². The molecule has 2 unspecified atom stereocenters. The maximum absolute atomic E-state index is 5.99. The zero-order valence-electron chi connectivity index (χ0n) is 20.9. The van der Waals surface area contributed by atoms with Crippen LogP contribution in [0.25, 0.3) is 0 Å². The summed E-state index contributed by atoms with van der Waals surface area (Å²) < 4.78 is 23.5. The second-order valence-electron chi connectivity index (χ2n) is 8.55. The summed E-state index contributed by atoms with van der Waals surface area (Å²) in [5, 5.41) is 0. The van der Waals surface area contributed by atoms with E-state index in [1.165, 1.54) is 11.1 Å². The van der Waals surface area contributed by atoms with E-state index >= 15 is 0 Å². The SMILES string of the molecule is C=C(C)COC(CC)Oc1ccc(C(CC)c2ccc(OC(CC)OCC(=C)C)cc2)cc1. The maximum atomic E-state index is 5.99. The number of hydrogen-bond donors (Lipinski definition) is 0. The lowest BCUT2D eigenvalue weighted by Crippen LogP contribution is -2.20. The van der Waals surface area contributed by atoms with E-state index < -0.39 is 0 Å². The molecule has 0 bridgehead atoms. The molecule has 0 amide bonds. The predicted octanol–water partition coefficient (Wildman–Crippen LogP) is 7.64. The summed E-state index contributed by atoms with van der Waals surface area (Å²) in [5.41, 5.74) is 4.48. The Bertz CT molecular complexity index is 783. The molecule has 0 heterocycles. The molecule has 0 N–H and O–H groups in total. The molecule has 2 rings (SSSR count). The lowest BCUT2D eigenvalue weighted by Gasteiger charge is -2.21. The smallest absolute Gasteiger partial charge is 0.199 e. The van der Waals surface area contributed by atoms with Gasteiger partial charge in [0.25, 0.3) is 0 Å². The molecule has 2 aromatic carbocycles. The fraction of sp³-hybridized carbons (Fsp3) is 0.448. The molecule has 0 aliphatic heterocycles. The van der Waals surface area contributed by atoms with Crippen LogP contribution in [0.1, 0.15) is 70.9 Å². The van der Waals surface area contributed by atoms with Gasteiger partial charge in [-0.2, -0.15) is 0 Å². The van der Waals surface area contributed by atoms with Gasteiger partial charge in [-0.1, -0.05) is 69.3 Å².